The van der Waals surface area contributed by atoms with Gasteiger partial charge >= 0.3 is 0 Å². The summed E-state index contributed by atoms with van der Waals surface area (Å²) in [6.07, 6.45) is 2.17. The highest BCUT2D eigenvalue weighted by Crippen LogP contribution is 2.30. The molecule has 0 atom stereocenters. The summed E-state index contributed by atoms with van der Waals surface area (Å²) in [5, 5.41) is 3.36. The van der Waals surface area contributed by atoms with E-state index in [0.717, 1.165) is 13.1 Å². The number of nitrogens with zero attached hydrogens (tertiary/aromatic N) is 2. The third-order valence-electron chi connectivity index (χ3n) is 5.70. The van der Waals surface area contributed by atoms with Crippen molar-refractivity contribution >= 4 is 44.6 Å². The number of carbonyl (C=O) groups excluding carboxylic acids is 1. The van der Waals surface area contributed by atoms with E-state index in [1.807, 2.05) is 12.1 Å². The van der Waals surface area contributed by atoms with Gasteiger partial charge in [-0.1, -0.05) is 29.3 Å². The van der Waals surface area contributed by atoms with Crippen molar-refractivity contribution in [3.05, 3.63) is 76.4 Å². The Kier molecular flexibility index (Phi) is 8.41. The van der Waals surface area contributed by atoms with Gasteiger partial charge in [0, 0.05) is 30.5 Å². The molecule has 1 aliphatic rings. The Morgan fingerprint density at radius 3 is 2.54 bits per heavy atom. The number of amides is 1. The molecule has 0 saturated carbocycles. The first-order chi connectivity index (χ1) is 16.8. The molecular formula is C25H25Cl2N3O4S. The molecule has 0 radical (unpaired) electrons. The van der Waals surface area contributed by atoms with Gasteiger partial charge in [0.2, 0.25) is 0 Å². The fourth-order valence-electron chi connectivity index (χ4n) is 3.81. The standard InChI is InChI=1S/C25H25Cl2N3O4S/c26-22-8-5-18(16-21(22)24-4-1-2-9-28-24)29-25(31)20-7-6-19(17-23(20)27)35(32,33)15-3-10-30-11-13-34-14-12-30/h1-2,4-9,16-17H,3,10-15H2,(H,29,31). The van der Waals surface area contributed by atoms with Crippen molar-refractivity contribution in [2.45, 2.75) is 11.3 Å². The Balaban J connectivity index is 1.43. The molecule has 0 unspecified atom stereocenters. The molecule has 0 aliphatic carbocycles. The van der Waals surface area contributed by atoms with E-state index in [0.29, 0.717) is 48.1 Å². The summed E-state index contributed by atoms with van der Waals surface area (Å²) < 4.78 is 30.9. The van der Waals surface area contributed by atoms with Gasteiger partial charge in [-0.15, -0.1) is 0 Å². The summed E-state index contributed by atoms with van der Waals surface area (Å²) in [4.78, 5) is 19.5. The Bertz CT molecular complexity index is 1300. The molecule has 184 valence electrons. The summed E-state index contributed by atoms with van der Waals surface area (Å²) in [7, 11) is -3.52. The molecular weight excluding hydrogens is 509 g/mol. The number of pyridine rings is 1. The summed E-state index contributed by atoms with van der Waals surface area (Å²) in [6, 6.07) is 14.7. The number of hydrogen-bond acceptors (Lipinski definition) is 6. The quantitative estimate of drug-likeness (QED) is 0.447. The molecule has 1 aromatic heterocycles. The van der Waals surface area contributed by atoms with Crippen molar-refractivity contribution in [1.82, 2.24) is 9.88 Å². The van der Waals surface area contributed by atoms with Crippen LogP contribution in [0.1, 0.15) is 16.8 Å². The van der Waals surface area contributed by atoms with Gasteiger partial charge in [-0.3, -0.25) is 14.7 Å². The van der Waals surface area contributed by atoms with Gasteiger partial charge in [-0.2, -0.15) is 0 Å². The number of halogens is 2. The van der Waals surface area contributed by atoms with Crippen LogP contribution in [0.4, 0.5) is 5.69 Å². The number of anilines is 1. The molecule has 0 spiro atoms. The van der Waals surface area contributed by atoms with Crippen LogP contribution in [0.2, 0.25) is 10.0 Å². The molecule has 2 aromatic carbocycles. The molecule has 1 N–H and O–H groups in total. The third kappa shape index (κ3) is 6.59. The number of morpholine rings is 1. The first-order valence-electron chi connectivity index (χ1n) is 11.2. The number of ether oxygens (including phenoxy) is 1. The first kappa shape index (κ1) is 25.6. The lowest BCUT2D eigenvalue weighted by molar-refractivity contribution is 0.0381. The molecule has 2 heterocycles. The minimum atomic E-state index is -3.52. The maximum atomic E-state index is 12.9. The van der Waals surface area contributed by atoms with Crippen LogP contribution in [0.25, 0.3) is 11.3 Å². The van der Waals surface area contributed by atoms with E-state index in [1.54, 1.807) is 30.5 Å². The van der Waals surface area contributed by atoms with Crippen LogP contribution in [0, 0.1) is 0 Å². The average molecular weight is 534 g/mol. The minimum Gasteiger partial charge on any atom is -0.379 e. The van der Waals surface area contributed by atoms with Crippen molar-refractivity contribution in [3.8, 4) is 11.3 Å². The van der Waals surface area contributed by atoms with E-state index in [4.69, 9.17) is 27.9 Å². The van der Waals surface area contributed by atoms with Crippen molar-refractivity contribution in [1.29, 1.82) is 0 Å². The predicted octanol–water partition coefficient (Wildman–Crippen LogP) is 4.80. The Hall–Kier alpha value is -2.49. The van der Waals surface area contributed by atoms with Crippen LogP contribution in [-0.2, 0) is 14.6 Å². The molecule has 7 nitrogen and oxygen atoms in total. The molecule has 35 heavy (non-hydrogen) atoms. The monoisotopic (exact) mass is 533 g/mol. The second-order valence-corrected chi connectivity index (χ2v) is 11.1. The highest BCUT2D eigenvalue weighted by atomic mass is 35.5. The fraction of sp³-hybridized carbons (Fsp3) is 0.280. The van der Waals surface area contributed by atoms with Crippen molar-refractivity contribution in [2.75, 3.05) is 43.9 Å². The molecule has 0 bridgehead atoms. The highest BCUT2D eigenvalue weighted by molar-refractivity contribution is 7.91. The second-order valence-electron chi connectivity index (χ2n) is 8.13. The van der Waals surface area contributed by atoms with Crippen molar-refractivity contribution in [3.63, 3.8) is 0 Å². The van der Waals surface area contributed by atoms with Crippen molar-refractivity contribution in [2.24, 2.45) is 0 Å². The number of nitrogens with one attached hydrogen (secondary N) is 1. The van der Waals surface area contributed by atoms with Gasteiger partial charge in [0.1, 0.15) is 0 Å². The van der Waals surface area contributed by atoms with Crippen LogP contribution >= 0.6 is 23.2 Å². The van der Waals surface area contributed by atoms with Crippen molar-refractivity contribution < 1.29 is 17.9 Å². The zero-order chi connectivity index (χ0) is 24.8. The normalized spacial score (nSPS) is 14.6. The number of sulfone groups is 1. The zero-order valence-corrected chi connectivity index (χ0v) is 21.2. The average Bonchev–Trinajstić information content (AvgIpc) is 2.86. The maximum Gasteiger partial charge on any atom is 0.257 e. The van der Waals surface area contributed by atoms with Crippen LogP contribution in [0.3, 0.4) is 0 Å². The van der Waals surface area contributed by atoms with Gasteiger partial charge in [0.05, 0.1) is 45.2 Å². The molecule has 1 aliphatic heterocycles. The number of hydrogen-bond donors (Lipinski definition) is 1. The summed E-state index contributed by atoms with van der Waals surface area (Å²) >= 11 is 12.6. The van der Waals surface area contributed by atoms with E-state index in [-0.39, 0.29) is 21.2 Å². The summed E-state index contributed by atoms with van der Waals surface area (Å²) in [6.45, 7) is 3.66. The molecule has 1 amide bonds. The first-order valence-corrected chi connectivity index (χ1v) is 13.6. The third-order valence-corrected chi connectivity index (χ3v) is 8.14. The maximum absolute atomic E-state index is 12.9. The van der Waals surface area contributed by atoms with Gasteiger partial charge in [0.15, 0.2) is 9.84 Å². The van der Waals surface area contributed by atoms with E-state index in [2.05, 4.69) is 15.2 Å². The predicted molar refractivity (Wildman–Crippen MR) is 138 cm³/mol. The SMILES string of the molecule is O=C(Nc1ccc(Cl)c(-c2ccccn2)c1)c1ccc(S(=O)(=O)CCCN2CCOCC2)cc1Cl. The molecule has 1 saturated heterocycles. The zero-order valence-electron chi connectivity index (χ0n) is 18.9. The number of carbonyl (C=O) groups is 1. The smallest absolute Gasteiger partial charge is 0.257 e. The lowest BCUT2D eigenvalue weighted by Crippen LogP contribution is -2.37. The van der Waals surface area contributed by atoms with E-state index < -0.39 is 15.7 Å². The molecule has 3 aromatic rings. The van der Waals surface area contributed by atoms with Gasteiger partial charge < -0.3 is 10.1 Å². The summed E-state index contributed by atoms with van der Waals surface area (Å²) in [5.74, 6) is -0.451. The van der Waals surface area contributed by atoms with Gasteiger partial charge in [-0.05, 0) is 61.5 Å². The largest absolute Gasteiger partial charge is 0.379 e. The van der Waals surface area contributed by atoms with E-state index in [9.17, 15) is 13.2 Å². The van der Waals surface area contributed by atoms with Crippen LogP contribution in [0.5, 0.6) is 0 Å². The Morgan fingerprint density at radius 2 is 1.83 bits per heavy atom. The van der Waals surface area contributed by atoms with Crippen LogP contribution < -0.4 is 5.32 Å². The molecule has 1 fully saturated rings. The van der Waals surface area contributed by atoms with Crippen LogP contribution in [-0.4, -0.2) is 62.8 Å². The van der Waals surface area contributed by atoms with E-state index in [1.165, 1.54) is 18.2 Å². The van der Waals surface area contributed by atoms with Crippen LogP contribution in [0.15, 0.2) is 65.7 Å². The number of aromatic nitrogens is 1. The number of benzene rings is 2. The van der Waals surface area contributed by atoms with Gasteiger partial charge in [0.25, 0.3) is 5.91 Å². The molecule has 10 heteroatoms. The Morgan fingerprint density at radius 1 is 1.03 bits per heavy atom. The topological polar surface area (TPSA) is 88.6 Å². The van der Waals surface area contributed by atoms with Gasteiger partial charge in [-0.25, -0.2) is 8.42 Å². The second kappa shape index (κ2) is 11.5. The summed E-state index contributed by atoms with van der Waals surface area (Å²) in [5.41, 5.74) is 2.04. The Labute approximate surface area is 214 Å². The minimum absolute atomic E-state index is 0.00724. The lowest BCUT2D eigenvalue weighted by Gasteiger charge is -2.26. The number of rotatable bonds is 8. The fourth-order valence-corrected chi connectivity index (χ4v) is 5.68. The highest BCUT2D eigenvalue weighted by Gasteiger charge is 2.20. The molecule has 4 rings (SSSR count). The van der Waals surface area contributed by atoms with E-state index >= 15 is 0 Å². The lowest BCUT2D eigenvalue weighted by atomic mass is 10.1.